The Labute approximate surface area is 152 Å². The average Bonchev–Trinajstić information content (AvgIpc) is 3.07. The number of thiophene rings is 1. The van der Waals surface area contributed by atoms with Gasteiger partial charge in [0.1, 0.15) is 0 Å². The molecule has 1 N–H and O–H groups in total. The van der Waals surface area contributed by atoms with Crippen LogP contribution in [0.15, 0.2) is 30.3 Å². The van der Waals surface area contributed by atoms with E-state index in [2.05, 4.69) is 5.32 Å². The van der Waals surface area contributed by atoms with Gasteiger partial charge in [0.05, 0.1) is 4.88 Å². The van der Waals surface area contributed by atoms with Gasteiger partial charge in [0.2, 0.25) is 0 Å². The van der Waals surface area contributed by atoms with Gasteiger partial charge in [0, 0.05) is 29.2 Å². The Morgan fingerprint density at radius 3 is 2.40 bits per heavy atom. The highest BCUT2D eigenvalue weighted by atomic mass is 32.1. The summed E-state index contributed by atoms with van der Waals surface area (Å²) in [6.45, 7) is 5.32. The quantitative estimate of drug-likeness (QED) is 0.865. The highest BCUT2D eigenvalue weighted by Crippen LogP contribution is 2.30. The number of fused-ring (bicyclic) bond motifs is 1. The number of carbonyl (C=O) groups excluding carboxylic acids is 2. The van der Waals surface area contributed by atoms with E-state index in [-0.39, 0.29) is 11.8 Å². The van der Waals surface area contributed by atoms with Crippen LogP contribution in [0.4, 0.5) is 5.69 Å². The minimum atomic E-state index is -0.0674. The van der Waals surface area contributed by atoms with Crippen molar-refractivity contribution in [3.63, 3.8) is 0 Å². The molecule has 0 saturated carbocycles. The van der Waals surface area contributed by atoms with E-state index in [0.717, 1.165) is 17.7 Å². The molecule has 25 heavy (non-hydrogen) atoms. The van der Waals surface area contributed by atoms with Gasteiger partial charge in [0.25, 0.3) is 11.8 Å². The van der Waals surface area contributed by atoms with Crippen LogP contribution in [0.1, 0.15) is 57.2 Å². The predicted octanol–water partition coefficient (Wildman–Crippen LogP) is 4.36. The fraction of sp³-hybridized carbons (Fsp3) is 0.400. The summed E-state index contributed by atoms with van der Waals surface area (Å²) < 4.78 is 0. The topological polar surface area (TPSA) is 49.4 Å². The second-order valence-corrected chi connectivity index (χ2v) is 7.41. The van der Waals surface area contributed by atoms with Gasteiger partial charge in [-0.15, -0.1) is 11.3 Å². The van der Waals surface area contributed by atoms with Gasteiger partial charge in [-0.3, -0.25) is 9.59 Å². The molecule has 0 saturated heterocycles. The SMILES string of the molecule is CCN(CC)C(=O)c1ccc(NC(=O)c2cc3c(s2)CCCC3)cc1. The van der Waals surface area contributed by atoms with Crippen LogP contribution < -0.4 is 5.32 Å². The van der Waals surface area contributed by atoms with Crippen molar-refractivity contribution >= 4 is 28.8 Å². The number of rotatable bonds is 5. The molecule has 4 nitrogen and oxygen atoms in total. The largest absolute Gasteiger partial charge is 0.339 e. The first-order chi connectivity index (χ1) is 12.1. The number of aryl methyl sites for hydroxylation is 2. The summed E-state index contributed by atoms with van der Waals surface area (Å²) in [6.07, 6.45) is 4.61. The van der Waals surface area contributed by atoms with Crippen molar-refractivity contribution in [2.45, 2.75) is 39.5 Å². The molecular formula is C20H24N2O2S. The summed E-state index contributed by atoms with van der Waals surface area (Å²) in [5, 5.41) is 2.94. The fourth-order valence-electron chi connectivity index (χ4n) is 3.18. The first-order valence-corrected chi connectivity index (χ1v) is 9.76. The summed E-state index contributed by atoms with van der Waals surface area (Å²) in [5.41, 5.74) is 2.70. The van der Waals surface area contributed by atoms with E-state index in [1.165, 1.54) is 23.3 Å². The molecule has 0 aliphatic heterocycles. The molecule has 0 atom stereocenters. The lowest BCUT2D eigenvalue weighted by Gasteiger charge is -2.18. The van der Waals surface area contributed by atoms with Crippen LogP contribution in [0.5, 0.6) is 0 Å². The maximum Gasteiger partial charge on any atom is 0.265 e. The number of carbonyl (C=O) groups is 2. The lowest BCUT2D eigenvalue weighted by molar-refractivity contribution is 0.0773. The zero-order chi connectivity index (χ0) is 17.8. The molecule has 1 aliphatic carbocycles. The highest BCUT2D eigenvalue weighted by molar-refractivity contribution is 7.14. The zero-order valence-corrected chi connectivity index (χ0v) is 15.6. The van der Waals surface area contributed by atoms with Gasteiger partial charge in [0.15, 0.2) is 0 Å². The summed E-state index contributed by atoms with van der Waals surface area (Å²) in [7, 11) is 0. The van der Waals surface area contributed by atoms with Gasteiger partial charge in [-0.1, -0.05) is 0 Å². The van der Waals surface area contributed by atoms with Crippen LogP contribution in [0.25, 0.3) is 0 Å². The van der Waals surface area contributed by atoms with E-state index in [9.17, 15) is 9.59 Å². The summed E-state index contributed by atoms with van der Waals surface area (Å²) in [4.78, 5) is 28.7. The van der Waals surface area contributed by atoms with E-state index in [4.69, 9.17) is 0 Å². The molecule has 0 unspecified atom stereocenters. The number of amides is 2. The van der Waals surface area contributed by atoms with Crippen molar-refractivity contribution in [3.8, 4) is 0 Å². The van der Waals surface area contributed by atoms with Crippen LogP contribution in [0, 0.1) is 0 Å². The predicted molar refractivity (Wildman–Crippen MR) is 103 cm³/mol. The van der Waals surface area contributed by atoms with Crippen molar-refractivity contribution in [1.82, 2.24) is 4.90 Å². The van der Waals surface area contributed by atoms with Crippen LogP contribution in [0.2, 0.25) is 0 Å². The zero-order valence-electron chi connectivity index (χ0n) is 14.8. The maximum atomic E-state index is 12.5. The molecule has 1 aromatic carbocycles. The Bertz CT molecular complexity index is 737. The van der Waals surface area contributed by atoms with Gasteiger partial charge in [-0.05, 0) is 75.4 Å². The first-order valence-electron chi connectivity index (χ1n) is 8.94. The van der Waals surface area contributed by atoms with Crippen LogP contribution in [0.3, 0.4) is 0 Å². The van der Waals surface area contributed by atoms with E-state index in [0.29, 0.717) is 24.3 Å². The molecule has 0 spiro atoms. The summed E-state index contributed by atoms with van der Waals surface area (Å²) in [5.74, 6) is -0.0453. The number of anilines is 1. The molecule has 5 heteroatoms. The molecule has 0 bridgehead atoms. The van der Waals surface area contributed by atoms with Crippen molar-refractivity contribution in [3.05, 3.63) is 51.2 Å². The van der Waals surface area contributed by atoms with Gasteiger partial charge in [-0.2, -0.15) is 0 Å². The van der Waals surface area contributed by atoms with E-state index >= 15 is 0 Å². The number of hydrogen-bond acceptors (Lipinski definition) is 3. The van der Waals surface area contributed by atoms with Crippen LogP contribution >= 0.6 is 11.3 Å². The highest BCUT2D eigenvalue weighted by Gasteiger charge is 2.17. The standard InChI is InChI=1S/C20H24N2O2S/c1-3-22(4-2)20(24)14-9-11-16(12-10-14)21-19(23)18-13-15-7-5-6-8-17(15)25-18/h9-13H,3-8H2,1-2H3,(H,21,23). The third-order valence-corrected chi connectivity index (χ3v) is 5.90. The number of nitrogens with one attached hydrogen (secondary N) is 1. The molecule has 3 rings (SSSR count). The van der Waals surface area contributed by atoms with Crippen molar-refractivity contribution in [2.75, 3.05) is 18.4 Å². The number of benzene rings is 1. The molecular weight excluding hydrogens is 332 g/mol. The molecule has 0 fully saturated rings. The molecule has 2 aromatic rings. The van der Waals surface area contributed by atoms with E-state index < -0.39 is 0 Å². The van der Waals surface area contributed by atoms with Crippen molar-refractivity contribution < 1.29 is 9.59 Å². The normalized spacial score (nSPS) is 13.2. The van der Waals surface area contributed by atoms with Crippen molar-refractivity contribution in [2.24, 2.45) is 0 Å². The fourth-order valence-corrected chi connectivity index (χ4v) is 4.33. The second kappa shape index (κ2) is 7.83. The van der Waals surface area contributed by atoms with Crippen LogP contribution in [-0.4, -0.2) is 29.8 Å². The smallest absolute Gasteiger partial charge is 0.265 e. The molecule has 132 valence electrons. The first kappa shape index (κ1) is 17.7. The monoisotopic (exact) mass is 356 g/mol. The maximum absolute atomic E-state index is 12.5. The molecule has 1 heterocycles. The summed E-state index contributed by atoms with van der Waals surface area (Å²) in [6, 6.07) is 9.17. The van der Waals surface area contributed by atoms with Gasteiger partial charge >= 0.3 is 0 Å². The lowest BCUT2D eigenvalue weighted by Crippen LogP contribution is -2.30. The van der Waals surface area contributed by atoms with Gasteiger partial charge < -0.3 is 10.2 Å². The Kier molecular flexibility index (Phi) is 5.53. The van der Waals surface area contributed by atoms with E-state index in [1.807, 2.05) is 19.9 Å². The van der Waals surface area contributed by atoms with E-state index in [1.54, 1.807) is 40.5 Å². The number of nitrogens with zero attached hydrogens (tertiary/aromatic N) is 1. The van der Waals surface area contributed by atoms with Gasteiger partial charge in [-0.25, -0.2) is 0 Å². The van der Waals surface area contributed by atoms with Crippen molar-refractivity contribution in [1.29, 1.82) is 0 Å². The lowest BCUT2D eigenvalue weighted by atomic mass is 9.99. The Morgan fingerprint density at radius 2 is 1.76 bits per heavy atom. The second-order valence-electron chi connectivity index (χ2n) is 6.28. The third-order valence-electron chi connectivity index (χ3n) is 4.66. The number of hydrogen-bond donors (Lipinski definition) is 1. The third kappa shape index (κ3) is 3.93. The minimum Gasteiger partial charge on any atom is -0.339 e. The summed E-state index contributed by atoms with van der Waals surface area (Å²) >= 11 is 1.61. The average molecular weight is 356 g/mol. The minimum absolute atomic E-state index is 0.0220. The Morgan fingerprint density at radius 1 is 1.08 bits per heavy atom. The molecule has 1 aromatic heterocycles. The molecule has 1 aliphatic rings. The molecule has 2 amide bonds. The van der Waals surface area contributed by atoms with Crippen LogP contribution in [-0.2, 0) is 12.8 Å². The molecule has 0 radical (unpaired) electrons. The Balaban J connectivity index is 1.67. The Hall–Kier alpha value is -2.14.